The number of aliphatic hydroxyl groups is 1. The summed E-state index contributed by atoms with van der Waals surface area (Å²) < 4.78 is 101. The van der Waals surface area contributed by atoms with Crippen molar-refractivity contribution in [1.29, 1.82) is 0 Å². The van der Waals surface area contributed by atoms with E-state index in [0.717, 1.165) is 22.3 Å². The standard InChI is InChI=1S/C19H17F2N5O2.C19H18FN5O3.C19H18FN5O2.C18H16FN5O2.C2H6/c1-10-13-5-12(21)4-11-6-19(8-20,28-16(11)13)9-22-18(27)14-7-23-26-3-2-15(24-10)25-17(14)26;1-10-13-5-12(20)4-11-6-19(9-26,28-16(11)13)8-21-18(27)14-7-22-25-3-2-15(23-10)24-17(14)25;1-10-13-6-12(20)5-11-7-19(2,27-16(11)13)9-21-18(26)14-8-22-25-4-3-15(23-10)24-17(14)25;1-9-13-6-11(19)4-10-5-12(26-16(10)13)7-20-18(25)14-8-21-24-3-2-15(22-9)23-17(14)24;1-2/h2-5,7,10H,6,8-9H2,1H3,(H,22,27)(H,24,25);2-5,7,10,26H,6,8-9H2,1H3,(H,21,27)(H,23,24);3-6,8,10H,7,9H2,1-2H3,(H,21,26)(H,23,24);2-4,6,8-9,12H,5,7H2,1H3,(H,20,25)(H,22,23);1-2H3/t2*10-,19?;10-,19+;9-,12-;/m1111./s1. The number of aliphatic hydroxyl groups excluding tert-OH is 1. The predicted molar refractivity (Wildman–Crippen MR) is 394 cm³/mol. The zero-order chi connectivity index (χ0) is 77.5. The van der Waals surface area contributed by atoms with E-state index in [1.165, 1.54) is 82.3 Å². The maximum Gasteiger partial charge on any atom is 0.256 e. The van der Waals surface area contributed by atoms with Gasteiger partial charge in [0.2, 0.25) is 0 Å². The van der Waals surface area contributed by atoms with Crippen molar-refractivity contribution < 1.29 is 65.2 Å². The number of carbonyl (C=O) groups is 4. The molecular weight excluding hydrogens is 1440 g/mol. The van der Waals surface area contributed by atoms with Crippen LogP contribution in [0.25, 0.3) is 22.6 Å². The molecule has 20 rings (SSSR count). The van der Waals surface area contributed by atoms with Gasteiger partial charge in [-0.05, 0) is 107 Å². The Morgan fingerprint density at radius 3 is 1.18 bits per heavy atom. The molecule has 0 radical (unpaired) electrons. The normalized spacial score (nSPS) is 22.7. The Balaban J connectivity index is 0.000000111. The molecule has 4 aromatic carbocycles. The summed E-state index contributed by atoms with van der Waals surface area (Å²) in [6, 6.07) is 17.4. The molecule has 8 aliphatic rings. The molecule has 0 aliphatic carbocycles. The van der Waals surface area contributed by atoms with E-state index in [4.69, 9.17) is 18.9 Å². The third kappa shape index (κ3) is 13.6. The summed E-state index contributed by atoms with van der Waals surface area (Å²) in [5.74, 6) is 1.81. The molecule has 9 N–H and O–H groups in total. The monoisotopic (exact) mass is 1520 g/mol. The quantitative estimate of drug-likeness (QED) is 0.0727. The van der Waals surface area contributed by atoms with E-state index >= 15 is 0 Å². The van der Waals surface area contributed by atoms with E-state index in [1.807, 2.05) is 48.5 Å². The van der Waals surface area contributed by atoms with Crippen LogP contribution in [0, 0.1) is 23.3 Å². The van der Waals surface area contributed by atoms with E-state index in [1.54, 1.807) is 58.1 Å². The number of hydrogen-bond acceptors (Lipinski definition) is 21. The van der Waals surface area contributed by atoms with Crippen LogP contribution in [0.2, 0.25) is 0 Å². The topological polar surface area (TPSA) is 342 Å². The number of nitrogens with one attached hydrogen (secondary N) is 8. The molecule has 8 aliphatic heterocycles. The van der Waals surface area contributed by atoms with Gasteiger partial charge in [0, 0.05) is 95.0 Å². The Labute approximate surface area is 629 Å². The number of anilines is 4. The minimum absolute atomic E-state index is 0.0586. The van der Waals surface area contributed by atoms with Crippen molar-refractivity contribution >= 4 is 69.5 Å². The summed E-state index contributed by atoms with van der Waals surface area (Å²) in [4.78, 5) is 68.6. The van der Waals surface area contributed by atoms with Crippen LogP contribution >= 0.6 is 0 Å². The molecule has 111 heavy (non-hydrogen) atoms. The molecule has 16 bridgehead atoms. The minimum Gasteiger partial charge on any atom is -0.488 e. The zero-order valence-electron chi connectivity index (χ0n) is 61.0. The predicted octanol–water partition coefficient (Wildman–Crippen LogP) is 9.47. The second-order valence-electron chi connectivity index (χ2n) is 28.6. The number of halogens is 5. The average molecular weight is 1520 g/mol. The van der Waals surface area contributed by atoms with Gasteiger partial charge in [-0.1, -0.05) is 13.8 Å². The smallest absolute Gasteiger partial charge is 0.256 e. The van der Waals surface area contributed by atoms with Gasteiger partial charge < -0.3 is 66.6 Å². The van der Waals surface area contributed by atoms with Crippen molar-refractivity contribution in [2.45, 2.75) is 121 Å². The molecule has 16 heterocycles. The van der Waals surface area contributed by atoms with E-state index in [0.29, 0.717) is 140 Å². The highest BCUT2D eigenvalue weighted by molar-refractivity contribution is 6.02. The summed E-state index contributed by atoms with van der Waals surface area (Å²) in [7, 11) is 0. The number of hydrogen-bond donors (Lipinski definition) is 9. The van der Waals surface area contributed by atoms with E-state index < -0.39 is 35.2 Å². The van der Waals surface area contributed by atoms with Gasteiger partial charge in [-0.25, -0.2) is 59.9 Å². The highest BCUT2D eigenvalue weighted by atomic mass is 19.1. The average Bonchev–Trinajstić information content (AvgIpc) is 1.63. The van der Waals surface area contributed by atoms with Crippen molar-refractivity contribution in [3.8, 4) is 23.0 Å². The van der Waals surface area contributed by atoms with E-state index in [9.17, 15) is 46.2 Å². The number of nitrogens with zero attached hydrogens (tertiary/aromatic N) is 12. The van der Waals surface area contributed by atoms with Crippen molar-refractivity contribution in [2.24, 2.45) is 0 Å². The first-order valence-electron chi connectivity index (χ1n) is 36.2. The SMILES string of the molecule is CC.C[C@H]1Nc2ccn3ncc(c3n2)C(=O)NCC2(CF)Cc3cc(F)cc1c3O2.C[C@H]1Nc2ccn3ncc(c3n2)C(=O)NCC2(CO)Cc3cc(F)cc1c3O2.C[C@H]1Nc2ccn3ncc(c3n2)C(=O)NC[C@H]2Cc3cc(F)cc1c3O2.C[C@H]1Nc2ccn3ncc(c3n2)C(=O)NC[C@]2(C)Cc3cc(F)cc1c3O2. The van der Waals surface area contributed by atoms with Gasteiger partial charge >= 0.3 is 0 Å². The molecule has 8 atom stereocenters. The molecular formula is C77H75F5N20O9. The molecule has 0 fully saturated rings. The number of benzene rings is 4. The Morgan fingerprint density at radius 2 is 0.784 bits per heavy atom. The third-order valence-corrected chi connectivity index (χ3v) is 20.5. The Morgan fingerprint density at radius 1 is 0.450 bits per heavy atom. The third-order valence-electron chi connectivity index (χ3n) is 20.5. The van der Waals surface area contributed by atoms with Crippen molar-refractivity contribution in [2.75, 3.05) is 60.7 Å². The number of rotatable bonds is 2. The lowest BCUT2D eigenvalue weighted by molar-refractivity contribution is 0.0272. The van der Waals surface area contributed by atoms with Gasteiger partial charge in [0.15, 0.2) is 33.8 Å². The van der Waals surface area contributed by atoms with Gasteiger partial charge in [-0.3, -0.25) is 19.2 Å². The molecule has 29 nitrogen and oxygen atoms in total. The molecule has 8 aromatic heterocycles. The second-order valence-corrected chi connectivity index (χ2v) is 28.6. The van der Waals surface area contributed by atoms with Gasteiger partial charge in [0.1, 0.15) is 110 Å². The summed E-state index contributed by atoms with van der Waals surface area (Å²) in [6.45, 7) is 13.0. The summed E-state index contributed by atoms with van der Waals surface area (Å²) in [5, 5.41) is 50.9. The number of aromatic nitrogens is 12. The van der Waals surface area contributed by atoms with Crippen LogP contribution in [0.3, 0.4) is 0 Å². The molecule has 0 spiro atoms. The van der Waals surface area contributed by atoms with Crippen LogP contribution in [0.5, 0.6) is 23.0 Å². The van der Waals surface area contributed by atoms with E-state index in [2.05, 4.69) is 82.9 Å². The molecule has 0 saturated heterocycles. The van der Waals surface area contributed by atoms with Crippen LogP contribution in [-0.4, -0.2) is 149 Å². The fourth-order valence-electron chi connectivity index (χ4n) is 15.0. The lowest BCUT2D eigenvalue weighted by atomic mass is 9.95. The number of amides is 4. The summed E-state index contributed by atoms with van der Waals surface area (Å²) in [5.41, 5.74) is 5.70. The van der Waals surface area contributed by atoms with Crippen LogP contribution < -0.4 is 61.5 Å². The lowest BCUT2D eigenvalue weighted by Crippen LogP contribution is -2.49. The van der Waals surface area contributed by atoms with Crippen molar-refractivity contribution in [1.82, 2.24) is 79.7 Å². The summed E-state index contributed by atoms with van der Waals surface area (Å²) in [6.07, 6.45) is 14.0. The Bertz CT molecular complexity index is 5580. The lowest BCUT2D eigenvalue weighted by Gasteiger charge is -2.27. The molecule has 2 unspecified atom stereocenters. The first-order chi connectivity index (χ1) is 53.5. The number of carbonyl (C=O) groups excluding carboxylic acids is 4. The van der Waals surface area contributed by atoms with Crippen molar-refractivity contribution in [3.63, 3.8) is 0 Å². The Hall–Kier alpha value is -12.8. The first kappa shape index (κ1) is 72.4. The number of ether oxygens (including phenoxy) is 4. The molecule has 34 heteroatoms. The van der Waals surface area contributed by atoms with Gasteiger partial charge in [0.05, 0.1) is 81.7 Å². The fraction of sp³-hybridized carbons (Fsp3) is 0.325. The second kappa shape index (κ2) is 28.4. The summed E-state index contributed by atoms with van der Waals surface area (Å²) >= 11 is 0. The molecule has 12 aromatic rings. The fourth-order valence-corrected chi connectivity index (χ4v) is 15.0. The van der Waals surface area contributed by atoms with Gasteiger partial charge in [-0.2, -0.15) is 20.4 Å². The molecule has 572 valence electrons. The van der Waals surface area contributed by atoms with E-state index in [-0.39, 0.29) is 97.1 Å². The number of alkyl halides is 1. The maximum absolute atomic E-state index is 14.3. The molecule has 4 amide bonds. The highest BCUT2D eigenvalue weighted by Crippen LogP contribution is 2.46. The van der Waals surface area contributed by atoms with Crippen LogP contribution in [0.15, 0.2) is 122 Å². The zero-order valence-corrected chi connectivity index (χ0v) is 61.0. The van der Waals surface area contributed by atoms with Gasteiger partial charge in [-0.15, -0.1) is 0 Å². The maximum atomic E-state index is 14.3. The van der Waals surface area contributed by atoms with Crippen LogP contribution in [0.4, 0.5) is 45.2 Å². The highest BCUT2D eigenvalue weighted by Gasteiger charge is 2.45. The van der Waals surface area contributed by atoms with Gasteiger partial charge in [0.25, 0.3) is 23.6 Å². The van der Waals surface area contributed by atoms with Crippen LogP contribution in [-0.2, 0) is 25.7 Å². The minimum atomic E-state index is -1.27. The van der Waals surface area contributed by atoms with Crippen molar-refractivity contribution in [3.05, 3.63) is 212 Å². The Kier molecular flexibility index (Phi) is 18.5. The first-order valence-corrected chi connectivity index (χ1v) is 36.2. The number of fused-ring (bicyclic) bond motifs is 8. The largest absolute Gasteiger partial charge is 0.488 e. The van der Waals surface area contributed by atoms with Crippen LogP contribution in [0.1, 0.15) is 159 Å². The molecule has 0 saturated carbocycles.